The van der Waals surface area contributed by atoms with Crippen molar-refractivity contribution in [3.05, 3.63) is 0 Å². The van der Waals surface area contributed by atoms with Crippen LogP contribution in [-0.4, -0.2) is 31.3 Å². The molecular weight excluding hydrogens is 160 g/mol. The third-order valence-corrected chi connectivity index (χ3v) is 4.62. The maximum atomic E-state index is 9.42. The van der Waals surface area contributed by atoms with Crippen LogP contribution in [0.1, 0.15) is 26.2 Å². The molecule has 1 radical (unpaired) electrons. The zero-order valence-electron chi connectivity index (χ0n) is 6.84. The lowest BCUT2D eigenvalue weighted by atomic mass is 10.4. The minimum absolute atomic E-state index is 0.376. The number of hydrogen-bond acceptors (Lipinski definition) is 3. The van der Waals surface area contributed by atoms with Crippen molar-refractivity contribution < 1.29 is 14.6 Å². The Morgan fingerprint density at radius 2 is 2.18 bits per heavy atom. The second-order valence-corrected chi connectivity index (χ2v) is 5.33. The van der Waals surface area contributed by atoms with Crippen molar-refractivity contribution >= 4 is 9.04 Å². The summed E-state index contributed by atoms with van der Waals surface area (Å²) >= 11 is 0. The first-order valence-electron chi connectivity index (χ1n) is 4.10. The van der Waals surface area contributed by atoms with Crippen LogP contribution in [0.4, 0.5) is 0 Å². The van der Waals surface area contributed by atoms with Gasteiger partial charge in [0, 0.05) is 6.61 Å². The van der Waals surface area contributed by atoms with E-state index < -0.39 is 14.5 Å². The van der Waals surface area contributed by atoms with Gasteiger partial charge in [-0.2, -0.15) is 0 Å². The molecular formula is C7H15O3Si. The molecule has 0 spiro atoms. The number of rotatable bonds is 2. The third-order valence-electron chi connectivity index (χ3n) is 2.01. The fourth-order valence-electron chi connectivity index (χ4n) is 1.17. The van der Waals surface area contributed by atoms with Gasteiger partial charge in [0.1, 0.15) is 0 Å². The lowest BCUT2D eigenvalue weighted by Crippen LogP contribution is -2.48. The highest BCUT2D eigenvalue weighted by Gasteiger charge is 2.37. The van der Waals surface area contributed by atoms with Crippen molar-refractivity contribution in [3.8, 4) is 0 Å². The maximum Gasteiger partial charge on any atom is 0.279 e. The van der Waals surface area contributed by atoms with Crippen LogP contribution < -0.4 is 0 Å². The third kappa shape index (κ3) is 2.26. The fourth-order valence-corrected chi connectivity index (χ4v) is 3.30. The predicted molar refractivity (Wildman–Crippen MR) is 43.2 cm³/mol. The van der Waals surface area contributed by atoms with E-state index in [0.29, 0.717) is 13.0 Å². The summed E-state index contributed by atoms with van der Waals surface area (Å²) in [6, 6.07) is 0.867. The van der Waals surface area contributed by atoms with Gasteiger partial charge in [0.2, 0.25) is 0 Å². The van der Waals surface area contributed by atoms with E-state index in [9.17, 15) is 10.2 Å². The predicted octanol–water partition coefficient (Wildman–Crippen LogP) is 0.418. The van der Waals surface area contributed by atoms with E-state index in [0.717, 1.165) is 18.9 Å². The first kappa shape index (κ1) is 9.19. The normalized spacial score (nSPS) is 22.1. The lowest BCUT2D eigenvalue weighted by molar-refractivity contribution is -0.107. The van der Waals surface area contributed by atoms with Gasteiger partial charge in [-0.25, -0.2) is 0 Å². The van der Waals surface area contributed by atoms with E-state index in [1.165, 1.54) is 0 Å². The summed E-state index contributed by atoms with van der Waals surface area (Å²) in [5.74, 6) is 0. The summed E-state index contributed by atoms with van der Waals surface area (Å²) in [6.07, 6.45) is 2.52. The van der Waals surface area contributed by atoms with E-state index >= 15 is 0 Å². The van der Waals surface area contributed by atoms with Gasteiger partial charge in [0.15, 0.2) is 5.41 Å². The van der Waals surface area contributed by atoms with Gasteiger partial charge in [-0.05, 0) is 18.9 Å². The van der Waals surface area contributed by atoms with Crippen molar-refractivity contribution in [2.24, 2.45) is 0 Å². The number of aliphatic hydroxyl groups is 2. The van der Waals surface area contributed by atoms with Crippen LogP contribution in [0.3, 0.4) is 0 Å². The molecule has 1 rings (SSSR count). The maximum absolute atomic E-state index is 9.42. The highest BCUT2D eigenvalue weighted by molar-refractivity contribution is 6.54. The summed E-state index contributed by atoms with van der Waals surface area (Å²) in [6.45, 7) is 2.48. The van der Waals surface area contributed by atoms with Gasteiger partial charge >= 0.3 is 0 Å². The fraction of sp³-hybridized carbons (Fsp3) is 1.00. The van der Waals surface area contributed by atoms with Gasteiger partial charge in [-0.1, -0.05) is 13.3 Å². The molecule has 1 aliphatic heterocycles. The van der Waals surface area contributed by atoms with Crippen LogP contribution in [0.5, 0.6) is 0 Å². The summed E-state index contributed by atoms with van der Waals surface area (Å²) in [5.41, 5.74) is -1.51. The smallest absolute Gasteiger partial charge is 0.279 e. The van der Waals surface area contributed by atoms with Crippen molar-refractivity contribution in [2.75, 3.05) is 6.61 Å². The molecule has 11 heavy (non-hydrogen) atoms. The van der Waals surface area contributed by atoms with Gasteiger partial charge < -0.3 is 14.6 Å². The molecule has 0 aromatic rings. The lowest BCUT2D eigenvalue weighted by Gasteiger charge is -2.30. The molecule has 0 atom stereocenters. The van der Waals surface area contributed by atoms with Crippen LogP contribution in [0.2, 0.25) is 6.04 Å². The molecule has 65 valence electrons. The molecule has 1 aliphatic rings. The average molecular weight is 175 g/mol. The molecule has 0 aliphatic carbocycles. The van der Waals surface area contributed by atoms with Crippen LogP contribution in [0.25, 0.3) is 0 Å². The van der Waals surface area contributed by atoms with Gasteiger partial charge in [0.05, 0.1) is 0 Å². The van der Waals surface area contributed by atoms with E-state index in [-0.39, 0.29) is 0 Å². The SMILES string of the molecule is CCC(O)(O)[Si]1CCCCO1. The monoisotopic (exact) mass is 175 g/mol. The number of hydrogen-bond donors (Lipinski definition) is 2. The Morgan fingerprint density at radius 1 is 1.45 bits per heavy atom. The quantitative estimate of drug-likeness (QED) is 0.472. The molecule has 1 fully saturated rings. The highest BCUT2D eigenvalue weighted by Crippen LogP contribution is 2.21. The highest BCUT2D eigenvalue weighted by atomic mass is 28.3. The van der Waals surface area contributed by atoms with Crippen molar-refractivity contribution in [2.45, 2.75) is 37.6 Å². The standard InChI is InChI=1S/C7H15O3Si/c1-2-7(8,9)11-6-4-3-5-10-11/h8-9H,2-6H2,1H3. The van der Waals surface area contributed by atoms with Crippen LogP contribution in [0.15, 0.2) is 0 Å². The zero-order valence-corrected chi connectivity index (χ0v) is 7.84. The largest absolute Gasteiger partial charge is 0.411 e. The van der Waals surface area contributed by atoms with E-state index in [1.54, 1.807) is 6.92 Å². The van der Waals surface area contributed by atoms with Gasteiger partial charge in [-0.3, -0.25) is 0 Å². The van der Waals surface area contributed by atoms with E-state index in [2.05, 4.69) is 0 Å². The Labute approximate surface area is 68.7 Å². The zero-order chi connectivity index (χ0) is 8.32. The first-order chi connectivity index (χ1) is 5.17. The van der Waals surface area contributed by atoms with Gasteiger partial charge in [-0.15, -0.1) is 0 Å². The molecule has 3 nitrogen and oxygen atoms in total. The first-order valence-corrected chi connectivity index (χ1v) is 5.72. The molecule has 1 heterocycles. The molecule has 4 heteroatoms. The Balaban J connectivity index is 2.43. The van der Waals surface area contributed by atoms with Crippen molar-refractivity contribution in [1.82, 2.24) is 0 Å². The molecule has 2 N–H and O–H groups in total. The minimum Gasteiger partial charge on any atom is -0.411 e. The molecule has 0 aromatic carbocycles. The molecule has 0 unspecified atom stereocenters. The molecule has 1 saturated heterocycles. The summed E-state index contributed by atoms with van der Waals surface area (Å²) in [4.78, 5) is 0. The Morgan fingerprint density at radius 3 is 2.64 bits per heavy atom. The Bertz CT molecular complexity index is 121. The summed E-state index contributed by atoms with van der Waals surface area (Å²) in [7, 11) is -1.36. The van der Waals surface area contributed by atoms with Crippen LogP contribution in [0, 0.1) is 0 Å². The van der Waals surface area contributed by atoms with Crippen molar-refractivity contribution in [3.63, 3.8) is 0 Å². The Hall–Kier alpha value is 0.0969. The second kappa shape index (κ2) is 3.67. The summed E-state index contributed by atoms with van der Waals surface area (Å²) in [5, 5.41) is 18.8. The minimum atomic E-state index is -1.51. The molecule has 0 aromatic heterocycles. The topological polar surface area (TPSA) is 49.7 Å². The molecule has 0 saturated carbocycles. The molecule has 0 amide bonds. The van der Waals surface area contributed by atoms with Crippen LogP contribution in [-0.2, 0) is 4.43 Å². The van der Waals surface area contributed by atoms with Crippen molar-refractivity contribution in [1.29, 1.82) is 0 Å². The second-order valence-electron chi connectivity index (χ2n) is 2.90. The van der Waals surface area contributed by atoms with E-state index in [4.69, 9.17) is 4.43 Å². The van der Waals surface area contributed by atoms with Crippen LogP contribution >= 0.6 is 0 Å². The Kier molecular flexibility index (Phi) is 3.06. The van der Waals surface area contributed by atoms with Gasteiger partial charge in [0.25, 0.3) is 9.04 Å². The van der Waals surface area contributed by atoms with E-state index in [1.807, 2.05) is 0 Å². The average Bonchev–Trinajstić information content (AvgIpc) is 2.06. The summed E-state index contributed by atoms with van der Waals surface area (Å²) < 4.78 is 5.34. The molecule has 0 bridgehead atoms.